The molecule has 0 aromatic heterocycles. The van der Waals surface area contributed by atoms with Crippen molar-refractivity contribution in [2.75, 3.05) is 0 Å². The fourth-order valence-corrected chi connectivity index (χ4v) is 6.40. The Bertz CT molecular complexity index is 1830. The Morgan fingerprint density at radius 1 is 0.958 bits per heavy atom. The minimum Gasteiger partial charge on any atom is -0.877 e. The molecule has 0 radical (unpaired) electrons. The summed E-state index contributed by atoms with van der Waals surface area (Å²) in [5.74, 6) is -4.92. The average molecular weight is 677 g/mol. The zero-order valence-corrected chi connectivity index (χ0v) is 34.3. The second-order valence-corrected chi connectivity index (χ2v) is 11.3. The molecule has 8 bridgehead atoms. The Hall–Kier alpha value is -2.32. The molecule has 1 fully saturated rings. The van der Waals surface area contributed by atoms with Crippen LogP contribution >= 0.6 is 0 Å². The van der Waals surface area contributed by atoms with Crippen molar-refractivity contribution in [1.82, 2.24) is 5.32 Å². The molecule has 232 valence electrons. The van der Waals surface area contributed by atoms with Crippen LogP contribution in [0.1, 0.15) is 53.4 Å². The van der Waals surface area contributed by atoms with Crippen LogP contribution in [0, 0.1) is 11.8 Å². The van der Waals surface area contributed by atoms with Crippen molar-refractivity contribution in [3.8, 4) is 0 Å². The number of aliphatic carboxylic acids is 3. The molecule has 2 atom stereocenters. The molecule has 0 aromatic rings. The number of rotatable bonds is 8. The number of nitrogens with one attached hydrogen (secondary N) is 1. The number of carboxylic acids is 3. The first-order valence-corrected chi connectivity index (χ1v) is 14.6. The second-order valence-electron chi connectivity index (χ2n) is 11.3. The number of carbonyl (C=O) groups excluding carboxylic acids is 2. The molecule has 2 N–H and O–H groups in total. The summed E-state index contributed by atoms with van der Waals surface area (Å²) in [6.07, 6.45) is 7.07. The molecule has 5 aliphatic rings. The molecule has 0 amide bonds. The SMILES string of the molecule is C=CC1=C(C)C2=NC1=CC1=NC(=C(CC)/C1=C\[O-])C=C1N=C(C(CC(=O)[O-])=C3NC(=C2)[C@@H](C)[C@@H]3CCC(=O)[O-])C(C(=O)O)=C1C.[Na+].[Na+].[Na+]. The molecule has 1 saturated heterocycles. The number of fused-ring (bicyclic) bond motifs is 5. The number of hydrogen-bond donors (Lipinski definition) is 2. The third-order valence-electron chi connectivity index (χ3n) is 8.75. The van der Waals surface area contributed by atoms with Crippen molar-refractivity contribution in [2.45, 2.75) is 53.4 Å². The minimum absolute atomic E-state index is 0. The molecule has 5 heterocycles. The zero-order chi connectivity index (χ0) is 32.7. The monoisotopic (exact) mass is 676 g/mol. The van der Waals surface area contributed by atoms with Gasteiger partial charge in [0.1, 0.15) is 0 Å². The summed E-state index contributed by atoms with van der Waals surface area (Å²) < 4.78 is 0. The summed E-state index contributed by atoms with van der Waals surface area (Å²) >= 11 is 0. The Morgan fingerprint density at radius 2 is 1.65 bits per heavy atom. The molecule has 14 heteroatoms. The van der Waals surface area contributed by atoms with E-state index >= 15 is 0 Å². The van der Waals surface area contributed by atoms with Gasteiger partial charge >= 0.3 is 94.6 Å². The average Bonchev–Trinajstić information content (AvgIpc) is 3.67. The molecular formula is C34H31N4Na3O7. The standard InChI is InChI=1S/C34H34N4O7.3Na/c1-6-18-15(3)23-11-24-16(4)20(8-9-29(40)41)32(37-24)21(10-30(42)43)33-31(34(44)45)17(5)25(38-33)12-27-19(7-2)22(14-39)28(36-27)13-26(18)35-23;;;/h6,11-14,16,20,37,39H,1,7-10H2,2-5H3,(H,40,41)(H,42,43)(H,44,45);;;/q;3*+1/p-3/b22-14+,24-11?,25-12?,26-13?,32-21?;;;/t16-,20-;;;/m0.../s1. The normalized spacial score (nSPS) is 22.0. The first-order valence-electron chi connectivity index (χ1n) is 14.6. The first-order chi connectivity index (χ1) is 21.4. The predicted octanol–water partition coefficient (Wildman–Crippen LogP) is -7.38. The van der Waals surface area contributed by atoms with Gasteiger partial charge in [-0.15, -0.1) is 6.26 Å². The van der Waals surface area contributed by atoms with Crippen molar-refractivity contribution >= 4 is 35.0 Å². The number of allylic oxidation sites excluding steroid dienone is 10. The van der Waals surface area contributed by atoms with Crippen molar-refractivity contribution in [2.24, 2.45) is 26.8 Å². The maximum Gasteiger partial charge on any atom is 1.00 e. The number of hydrogen-bond acceptors (Lipinski definition) is 10. The fraction of sp³-hybridized carbons (Fsp3) is 0.294. The van der Waals surface area contributed by atoms with Crippen LogP contribution in [0.5, 0.6) is 0 Å². The fourth-order valence-electron chi connectivity index (χ4n) is 6.40. The van der Waals surface area contributed by atoms with E-state index in [2.05, 4.69) is 16.9 Å². The molecule has 0 spiro atoms. The first kappa shape index (κ1) is 41.8. The maximum atomic E-state index is 12.6. The van der Waals surface area contributed by atoms with Crippen molar-refractivity contribution in [1.29, 1.82) is 0 Å². The van der Waals surface area contributed by atoms with E-state index in [1.54, 1.807) is 31.2 Å². The molecule has 0 saturated carbocycles. The molecule has 0 aliphatic carbocycles. The largest absolute Gasteiger partial charge is 1.00 e. The van der Waals surface area contributed by atoms with Crippen LogP contribution in [-0.2, 0) is 14.4 Å². The van der Waals surface area contributed by atoms with E-state index in [0.29, 0.717) is 51.8 Å². The van der Waals surface area contributed by atoms with Gasteiger partial charge in [-0.1, -0.05) is 26.5 Å². The maximum absolute atomic E-state index is 12.6. The summed E-state index contributed by atoms with van der Waals surface area (Å²) in [5, 5.41) is 49.6. The van der Waals surface area contributed by atoms with Crippen LogP contribution in [0.2, 0.25) is 0 Å². The van der Waals surface area contributed by atoms with Gasteiger partial charge in [0.2, 0.25) is 0 Å². The van der Waals surface area contributed by atoms with Crippen LogP contribution in [0.15, 0.2) is 120 Å². The molecule has 0 aromatic carbocycles. The molecular weight excluding hydrogens is 645 g/mol. The Labute approximate surface area is 345 Å². The number of aliphatic imine (C=N–C) groups is 3. The Morgan fingerprint density at radius 3 is 2.21 bits per heavy atom. The predicted molar refractivity (Wildman–Crippen MR) is 162 cm³/mol. The molecule has 5 aliphatic heterocycles. The van der Waals surface area contributed by atoms with Gasteiger partial charge in [0.05, 0.1) is 39.8 Å². The number of nitrogens with zero attached hydrogens (tertiary/aromatic N) is 3. The topological polar surface area (TPSA) is 190 Å². The number of carboxylic acid groups (broad SMARTS) is 3. The Balaban J connectivity index is 0.00000267. The zero-order valence-electron chi connectivity index (χ0n) is 28.3. The quantitative estimate of drug-likeness (QED) is 0.187. The summed E-state index contributed by atoms with van der Waals surface area (Å²) in [6.45, 7) is 11.1. The molecule has 11 nitrogen and oxygen atoms in total. The van der Waals surface area contributed by atoms with E-state index in [1.807, 2.05) is 20.8 Å². The summed E-state index contributed by atoms with van der Waals surface area (Å²) in [5.41, 5.74) is 5.79. The van der Waals surface area contributed by atoms with Crippen LogP contribution in [0.4, 0.5) is 0 Å². The Kier molecular flexibility index (Phi) is 14.9. The van der Waals surface area contributed by atoms with Crippen LogP contribution < -0.4 is 109 Å². The van der Waals surface area contributed by atoms with Crippen molar-refractivity contribution < 1.29 is 123 Å². The van der Waals surface area contributed by atoms with Crippen LogP contribution in [-0.4, -0.2) is 40.1 Å². The van der Waals surface area contributed by atoms with Gasteiger partial charge in [0.15, 0.2) is 0 Å². The van der Waals surface area contributed by atoms with Gasteiger partial charge in [-0.2, -0.15) is 0 Å². The number of carbonyl (C=O) groups is 3. The van der Waals surface area contributed by atoms with Crippen molar-refractivity contribution in [3.63, 3.8) is 0 Å². The van der Waals surface area contributed by atoms with E-state index in [0.717, 1.165) is 17.4 Å². The third-order valence-corrected chi connectivity index (χ3v) is 8.75. The minimum atomic E-state index is -1.46. The second kappa shape index (κ2) is 17.1. The third kappa shape index (κ3) is 7.85. The molecule has 48 heavy (non-hydrogen) atoms. The van der Waals surface area contributed by atoms with Crippen LogP contribution in [0.3, 0.4) is 0 Å². The van der Waals surface area contributed by atoms with Gasteiger partial charge in [-0.05, 0) is 73.6 Å². The van der Waals surface area contributed by atoms with E-state index in [4.69, 9.17) is 9.98 Å². The van der Waals surface area contributed by atoms with Gasteiger partial charge in [0, 0.05) is 52.7 Å². The molecule has 0 unspecified atom stereocenters. The summed E-state index contributed by atoms with van der Waals surface area (Å²) in [6, 6.07) is 0. The summed E-state index contributed by atoms with van der Waals surface area (Å²) in [4.78, 5) is 50.5. The van der Waals surface area contributed by atoms with E-state index in [-0.39, 0.29) is 136 Å². The van der Waals surface area contributed by atoms with E-state index < -0.39 is 30.2 Å². The van der Waals surface area contributed by atoms with Gasteiger partial charge in [0.25, 0.3) is 0 Å². The summed E-state index contributed by atoms with van der Waals surface area (Å²) in [7, 11) is 0. The van der Waals surface area contributed by atoms with Gasteiger partial charge in [-0.3, -0.25) is 0 Å². The van der Waals surface area contributed by atoms with Gasteiger partial charge < -0.3 is 35.3 Å². The van der Waals surface area contributed by atoms with E-state index in [1.165, 1.54) is 0 Å². The van der Waals surface area contributed by atoms with Crippen LogP contribution in [0.25, 0.3) is 0 Å². The molecule has 5 rings (SSSR count). The smallest absolute Gasteiger partial charge is 0.877 e. The van der Waals surface area contributed by atoms with Gasteiger partial charge in [-0.25, -0.2) is 19.8 Å². The van der Waals surface area contributed by atoms with E-state index in [9.17, 15) is 34.8 Å². The van der Waals surface area contributed by atoms with Crippen molar-refractivity contribution in [3.05, 3.63) is 105 Å².